The van der Waals surface area contributed by atoms with Crippen LogP contribution in [0.5, 0.6) is 0 Å². The van der Waals surface area contributed by atoms with Crippen molar-refractivity contribution in [3.8, 4) is 0 Å². The highest BCUT2D eigenvalue weighted by Gasteiger charge is 2.43. The van der Waals surface area contributed by atoms with Crippen molar-refractivity contribution >= 4 is 47.6 Å². The molecule has 3 atom stereocenters. The van der Waals surface area contributed by atoms with E-state index in [1.165, 1.54) is 0 Å². The van der Waals surface area contributed by atoms with Gasteiger partial charge in [-0.1, -0.05) is 25.5 Å². The number of nitrogen functional groups attached to an aromatic ring is 1. The minimum atomic E-state index is -4.12. The Morgan fingerprint density at radius 3 is 2.65 bits per heavy atom. The molecule has 0 amide bonds. The number of rotatable bonds is 7. The average molecular weight is 543 g/mol. The number of nitrogens with zero attached hydrogens (tertiary/aromatic N) is 3. The molecule has 0 unspecified atom stereocenters. The first kappa shape index (κ1) is 24.4. The van der Waals surface area contributed by atoms with Crippen molar-refractivity contribution in [3.63, 3.8) is 0 Å². The van der Waals surface area contributed by atoms with Crippen molar-refractivity contribution in [1.29, 1.82) is 0 Å². The zero-order valence-corrected chi connectivity index (χ0v) is 22.3. The van der Waals surface area contributed by atoms with Gasteiger partial charge in [0.15, 0.2) is 0 Å². The predicted octanol–water partition coefficient (Wildman–Crippen LogP) is 3.45. The van der Waals surface area contributed by atoms with Gasteiger partial charge in [-0.15, -0.1) is 0 Å². The molecule has 196 valence electrons. The zero-order valence-electron chi connectivity index (χ0n) is 20.7. The number of aromatic amines is 1. The van der Waals surface area contributed by atoms with E-state index in [0.717, 1.165) is 11.8 Å². The fourth-order valence-corrected chi connectivity index (χ4v) is 9.23. The predicted molar refractivity (Wildman–Crippen MR) is 141 cm³/mol. The first-order valence-corrected chi connectivity index (χ1v) is 15.6. The number of pyridine rings is 1. The zero-order chi connectivity index (χ0) is 26.1. The summed E-state index contributed by atoms with van der Waals surface area (Å²) in [5, 5.41) is 0.362. The van der Waals surface area contributed by atoms with E-state index in [-0.39, 0.29) is 39.0 Å². The van der Waals surface area contributed by atoms with E-state index in [1.54, 1.807) is 37.5 Å². The Bertz CT molecular complexity index is 1720. The van der Waals surface area contributed by atoms with Crippen LogP contribution in [0.1, 0.15) is 50.6 Å². The molecule has 10 nitrogen and oxygen atoms in total. The highest BCUT2D eigenvalue weighted by molar-refractivity contribution is 7.91. The topological polar surface area (TPSA) is 153 Å². The molecule has 3 heterocycles. The van der Waals surface area contributed by atoms with E-state index in [9.17, 15) is 16.8 Å². The van der Waals surface area contributed by atoms with Gasteiger partial charge in [0.05, 0.1) is 22.7 Å². The number of imidazole rings is 1. The number of hydrogen-bond acceptors (Lipinski definition) is 7. The Morgan fingerprint density at radius 1 is 1.16 bits per heavy atom. The lowest BCUT2D eigenvalue weighted by Gasteiger charge is -2.23. The molecule has 2 aliphatic carbocycles. The summed E-state index contributed by atoms with van der Waals surface area (Å²) in [6, 6.07) is 6.32. The van der Waals surface area contributed by atoms with E-state index in [0.29, 0.717) is 47.9 Å². The van der Waals surface area contributed by atoms with Crippen LogP contribution in [0, 0.1) is 12.8 Å². The summed E-state index contributed by atoms with van der Waals surface area (Å²) in [5.41, 5.74) is 8.66. The number of fused-ring (bicyclic) bond motifs is 3. The van der Waals surface area contributed by atoms with Crippen LogP contribution in [-0.2, 0) is 19.9 Å². The Balaban J connectivity index is 1.56. The number of nitrogens with two attached hydrogens (primary N) is 1. The van der Waals surface area contributed by atoms with Gasteiger partial charge in [-0.3, -0.25) is 0 Å². The quantitative estimate of drug-likeness (QED) is 0.302. The molecule has 0 aliphatic heterocycles. The summed E-state index contributed by atoms with van der Waals surface area (Å²) in [5.74, 6) is 0.0506. The van der Waals surface area contributed by atoms with Gasteiger partial charge in [0.25, 0.3) is 0 Å². The lowest BCUT2D eigenvalue weighted by atomic mass is 10.0. The maximum atomic E-state index is 14.2. The molecule has 0 bridgehead atoms. The van der Waals surface area contributed by atoms with E-state index in [1.807, 2.05) is 10.6 Å². The van der Waals surface area contributed by atoms with Crippen LogP contribution in [0.4, 0.5) is 5.69 Å². The number of benzene rings is 1. The van der Waals surface area contributed by atoms with Gasteiger partial charge in [0.1, 0.15) is 16.1 Å². The molecule has 1 aromatic carbocycles. The molecule has 4 aromatic rings. The van der Waals surface area contributed by atoms with Gasteiger partial charge in [0.2, 0.25) is 25.0 Å². The molecule has 6 rings (SSSR count). The third-order valence-corrected chi connectivity index (χ3v) is 11.6. The van der Waals surface area contributed by atoms with Crippen LogP contribution in [-0.4, -0.2) is 47.6 Å². The molecule has 2 aliphatic rings. The normalized spacial score (nSPS) is 22.8. The largest absolute Gasteiger partial charge is 0.398 e. The standard InChI is InChI=1S/C25H30N6O4S2/c1-3-15-11-16(30-37(34,35)17-7-8-17)12-21(15)31-22-18-9-10-27-24(18)28-13-20(22)29-25(31)36(32,33)23-14(2)5-4-6-19(23)26/h4-6,9-10,13,15-17,21,30H,3,7-8,11-12,26H2,1-2H3,(H,27,28)/t15-,16+,21+/m1/s1. The van der Waals surface area contributed by atoms with Crippen molar-refractivity contribution in [1.82, 2.24) is 24.2 Å². The van der Waals surface area contributed by atoms with E-state index < -0.39 is 19.9 Å². The van der Waals surface area contributed by atoms with E-state index in [2.05, 4.69) is 26.6 Å². The molecular weight excluding hydrogens is 512 g/mol. The molecule has 4 N–H and O–H groups in total. The van der Waals surface area contributed by atoms with Crippen LogP contribution < -0.4 is 10.5 Å². The molecule has 37 heavy (non-hydrogen) atoms. The third-order valence-electron chi connectivity index (χ3n) is 7.76. The highest BCUT2D eigenvalue weighted by atomic mass is 32.2. The van der Waals surface area contributed by atoms with Crippen molar-refractivity contribution < 1.29 is 16.8 Å². The van der Waals surface area contributed by atoms with Crippen molar-refractivity contribution in [2.75, 3.05) is 5.73 Å². The number of nitrogens with one attached hydrogen (secondary N) is 2. The maximum absolute atomic E-state index is 14.2. The van der Waals surface area contributed by atoms with Crippen LogP contribution in [0.2, 0.25) is 0 Å². The number of sulfone groups is 1. The first-order chi connectivity index (χ1) is 17.6. The lowest BCUT2D eigenvalue weighted by molar-refractivity contribution is 0.356. The van der Waals surface area contributed by atoms with E-state index >= 15 is 0 Å². The van der Waals surface area contributed by atoms with Crippen molar-refractivity contribution in [2.45, 2.75) is 73.3 Å². The Labute approximate surface area is 215 Å². The van der Waals surface area contributed by atoms with Gasteiger partial charge in [-0.25, -0.2) is 31.5 Å². The second-order valence-electron chi connectivity index (χ2n) is 10.3. The Hall–Kier alpha value is -2.96. The van der Waals surface area contributed by atoms with Gasteiger partial charge >= 0.3 is 0 Å². The van der Waals surface area contributed by atoms with Crippen LogP contribution in [0.3, 0.4) is 0 Å². The van der Waals surface area contributed by atoms with Crippen molar-refractivity contribution in [2.24, 2.45) is 5.92 Å². The molecule has 0 spiro atoms. The molecule has 0 radical (unpaired) electrons. The first-order valence-electron chi connectivity index (χ1n) is 12.6. The molecule has 2 saturated carbocycles. The van der Waals surface area contributed by atoms with Crippen LogP contribution in [0.25, 0.3) is 22.1 Å². The van der Waals surface area contributed by atoms with Gasteiger partial charge in [0, 0.05) is 23.7 Å². The molecule has 2 fully saturated rings. The monoisotopic (exact) mass is 542 g/mol. The lowest BCUT2D eigenvalue weighted by Crippen LogP contribution is -2.35. The smallest absolute Gasteiger partial charge is 0.242 e. The summed E-state index contributed by atoms with van der Waals surface area (Å²) in [6.45, 7) is 3.77. The second-order valence-corrected chi connectivity index (χ2v) is 14.0. The van der Waals surface area contributed by atoms with Crippen LogP contribution in [0.15, 0.2) is 46.7 Å². The number of anilines is 1. The Kier molecular flexibility index (Phi) is 5.62. The number of aryl methyl sites for hydroxylation is 1. The highest BCUT2D eigenvalue weighted by Crippen LogP contribution is 2.44. The minimum absolute atomic E-state index is 0.0434. The van der Waals surface area contributed by atoms with Gasteiger partial charge in [-0.2, -0.15) is 0 Å². The molecule has 0 saturated heterocycles. The number of sulfonamides is 1. The van der Waals surface area contributed by atoms with E-state index in [4.69, 9.17) is 5.73 Å². The Morgan fingerprint density at radius 2 is 1.95 bits per heavy atom. The molecule has 3 aromatic heterocycles. The summed E-state index contributed by atoms with van der Waals surface area (Å²) in [7, 11) is -7.50. The molecular formula is C25H30N6O4S2. The number of aromatic nitrogens is 4. The summed E-state index contributed by atoms with van der Waals surface area (Å²) >= 11 is 0. The SMILES string of the molecule is CC[C@@H]1C[C@H](NS(=O)(=O)C2CC2)C[C@@H]1n1c(S(=O)(=O)c2c(C)cccc2N)nc2cnc3[nH]ccc3c21. The van der Waals surface area contributed by atoms with Crippen LogP contribution >= 0.6 is 0 Å². The number of H-pyrrole nitrogens is 1. The minimum Gasteiger partial charge on any atom is -0.398 e. The number of hydrogen-bond donors (Lipinski definition) is 3. The molecule has 12 heteroatoms. The fourth-order valence-electron chi connectivity index (χ4n) is 5.86. The van der Waals surface area contributed by atoms with Gasteiger partial charge in [-0.05, 0) is 56.2 Å². The maximum Gasteiger partial charge on any atom is 0.242 e. The average Bonchev–Trinajstić information content (AvgIpc) is 3.30. The summed E-state index contributed by atoms with van der Waals surface area (Å²) in [4.78, 5) is 12.2. The van der Waals surface area contributed by atoms with Gasteiger partial charge < -0.3 is 15.3 Å². The second kappa shape index (κ2) is 8.53. The van der Waals surface area contributed by atoms with Crippen molar-refractivity contribution in [3.05, 3.63) is 42.2 Å². The third kappa shape index (κ3) is 3.93. The summed E-state index contributed by atoms with van der Waals surface area (Å²) < 4.78 is 58.6. The fraction of sp³-hybridized carbons (Fsp3) is 0.440. The summed E-state index contributed by atoms with van der Waals surface area (Å²) in [6.07, 6.45) is 6.57.